The van der Waals surface area contributed by atoms with Crippen LogP contribution in [0.4, 0.5) is 0 Å². The maximum atomic E-state index is 8.93. The van der Waals surface area contributed by atoms with Crippen LogP contribution in [0.1, 0.15) is 84.1 Å². The van der Waals surface area contributed by atoms with Gasteiger partial charge in [0.15, 0.2) is 0 Å². The van der Waals surface area contributed by atoms with Crippen LogP contribution >= 0.6 is 0 Å². The van der Waals surface area contributed by atoms with Crippen LogP contribution < -0.4 is 3.71 Å². The van der Waals surface area contributed by atoms with Gasteiger partial charge in [0, 0.05) is 0 Å². The van der Waals surface area contributed by atoms with Gasteiger partial charge in [0.05, 0.1) is 0 Å². The molecule has 0 fully saturated rings. The molecule has 1 heterocycles. The van der Waals surface area contributed by atoms with Crippen molar-refractivity contribution >= 4 is 24.9 Å². The van der Waals surface area contributed by atoms with Crippen molar-refractivity contribution in [3.63, 3.8) is 0 Å². The van der Waals surface area contributed by atoms with Crippen molar-refractivity contribution in [3.05, 3.63) is 23.9 Å². The van der Waals surface area contributed by atoms with Crippen molar-refractivity contribution in [3.8, 4) is 6.07 Å². The third-order valence-corrected chi connectivity index (χ3v) is 9.54. The second kappa shape index (κ2) is 11.0. The molecule has 0 atom stereocenters. The normalized spacial score (nSPS) is 11.4. The summed E-state index contributed by atoms with van der Waals surface area (Å²) in [4.78, 5) is 4.61. The second-order valence-corrected chi connectivity index (χ2v) is 11.5. The minimum absolute atomic E-state index is 0.576. The van der Waals surface area contributed by atoms with E-state index in [9.17, 15) is 0 Å². The van der Waals surface area contributed by atoms with Crippen molar-refractivity contribution in [2.75, 3.05) is 0 Å². The van der Waals surface area contributed by atoms with Crippen LogP contribution in [0.5, 0.6) is 0 Å². The Bertz CT molecular complexity index is 426. The fraction of sp³-hybridized carbons (Fsp3) is 0.684. The summed E-state index contributed by atoms with van der Waals surface area (Å²) in [7, 11) is 0. The molecule has 0 aliphatic carbocycles. The Hall–Kier alpha value is -0.561. The average Bonchev–Trinajstić information content (AvgIpc) is 2.56. The molecule has 0 spiro atoms. The summed E-state index contributed by atoms with van der Waals surface area (Å²) in [5, 5.41) is 8.93. The van der Waals surface area contributed by atoms with E-state index in [1.54, 1.807) is 6.20 Å². The molecule has 1 aromatic rings. The molecule has 0 aliphatic heterocycles. The zero-order valence-corrected chi connectivity index (χ0v) is 17.3. The molecular weight excluding hydrogens is 375 g/mol. The summed E-state index contributed by atoms with van der Waals surface area (Å²) in [5.41, 5.74) is 0.685. The number of aromatic nitrogens is 1. The van der Waals surface area contributed by atoms with E-state index in [2.05, 4.69) is 37.9 Å². The van der Waals surface area contributed by atoms with E-state index in [1.165, 1.54) is 61.5 Å². The van der Waals surface area contributed by atoms with Gasteiger partial charge in [-0.15, -0.1) is 0 Å². The standard InChI is InChI=1S/C13H27.C6H3N2.Sn/c1-4-7-10-13(11-8-5-2)12-9-6-3;7-4-6-2-1-3-8-5-6;/h4-12H2,1-3H3;1-2,5H;. The van der Waals surface area contributed by atoms with Gasteiger partial charge >= 0.3 is 147 Å². The molecule has 0 saturated heterocycles. The fourth-order valence-corrected chi connectivity index (χ4v) is 7.89. The quantitative estimate of drug-likeness (QED) is 0.486. The first-order chi connectivity index (χ1) is 10.7. The van der Waals surface area contributed by atoms with E-state index in [1.807, 2.05) is 6.07 Å². The third kappa shape index (κ3) is 6.69. The molecule has 22 heavy (non-hydrogen) atoms. The Labute approximate surface area is 146 Å². The molecule has 2 radical (unpaired) electrons. The van der Waals surface area contributed by atoms with Crippen LogP contribution in [0.25, 0.3) is 0 Å². The molecule has 0 unspecified atom stereocenters. The van der Waals surface area contributed by atoms with Crippen molar-refractivity contribution in [2.24, 2.45) is 0 Å². The summed E-state index contributed by atoms with van der Waals surface area (Å²) in [5.74, 6) is 0. The number of nitriles is 1. The van der Waals surface area contributed by atoms with Gasteiger partial charge in [-0.05, 0) is 0 Å². The van der Waals surface area contributed by atoms with E-state index in [-0.39, 0.29) is 0 Å². The number of nitrogens with zero attached hydrogens (tertiary/aromatic N) is 2. The molecule has 1 aromatic heterocycles. The zero-order chi connectivity index (χ0) is 16.3. The Morgan fingerprint density at radius 3 is 1.91 bits per heavy atom. The van der Waals surface area contributed by atoms with Gasteiger partial charge in [-0.1, -0.05) is 0 Å². The molecule has 0 bridgehead atoms. The van der Waals surface area contributed by atoms with Crippen molar-refractivity contribution < 1.29 is 0 Å². The number of rotatable bonds is 11. The fourth-order valence-electron chi connectivity index (χ4n) is 2.91. The minimum atomic E-state index is -0.740. The summed E-state index contributed by atoms with van der Waals surface area (Å²) >= 11 is -0.740. The predicted molar refractivity (Wildman–Crippen MR) is 95.6 cm³/mol. The number of unbranched alkanes of at least 4 members (excludes halogenated alkanes) is 3. The van der Waals surface area contributed by atoms with Gasteiger partial charge in [-0.2, -0.15) is 0 Å². The van der Waals surface area contributed by atoms with E-state index < -0.39 is 21.1 Å². The zero-order valence-electron chi connectivity index (χ0n) is 14.5. The van der Waals surface area contributed by atoms with Crippen LogP contribution in [-0.4, -0.2) is 26.1 Å². The SMILES string of the molecule is CCCC[C](CCCC)(CCCC)[Sn][c]1ccc(C#N)cn1. The first-order valence-electron chi connectivity index (χ1n) is 8.84. The van der Waals surface area contributed by atoms with Crippen molar-refractivity contribution in [1.82, 2.24) is 4.98 Å². The molecule has 0 aliphatic rings. The first-order valence-corrected chi connectivity index (χ1v) is 11.7. The van der Waals surface area contributed by atoms with Gasteiger partial charge in [0.1, 0.15) is 0 Å². The van der Waals surface area contributed by atoms with Gasteiger partial charge < -0.3 is 0 Å². The molecule has 120 valence electrons. The predicted octanol–water partition coefficient (Wildman–Crippen LogP) is 5.01. The molecule has 2 nitrogen and oxygen atoms in total. The number of hydrogen-bond acceptors (Lipinski definition) is 2. The number of pyridine rings is 1. The summed E-state index contributed by atoms with van der Waals surface area (Å²) < 4.78 is 1.90. The van der Waals surface area contributed by atoms with Crippen LogP contribution in [0.3, 0.4) is 0 Å². The van der Waals surface area contributed by atoms with Gasteiger partial charge in [0.2, 0.25) is 0 Å². The number of hydrogen-bond donors (Lipinski definition) is 0. The molecule has 0 aromatic carbocycles. The summed E-state index contributed by atoms with van der Waals surface area (Å²) in [6, 6.07) is 6.26. The van der Waals surface area contributed by atoms with E-state index in [0.29, 0.717) is 8.99 Å². The Kier molecular flexibility index (Phi) is 9.79. The van der Waals surface area contributed by atoms with E-state index in [4.69, 9.17) is 5.26 Å². The van der Waals surface area contributed by atoms with Gasteiger partial charge in [0.25, 0.3) is 0 Å². The second-order valence-electron chi connectivity index (χ2n) is 6.26. The molecule has 3 heteroatoms. The van der Waals surface area contributed by atoms with Crippen molar-refractivity contribution in [2.45, 2.75) is 82.0 Å². The summed E-state index contributed by atoms with van der Waals surface area (Å²) in [6.07, 6.45) is 13.9. The van der Waals surface area contributed by atoms with Crippen LogP contribution in [-0.2, 0) is 0 Å². The Balaban J connectivity index is 2.89. The van der Waals surface area contributed by atoms with Crippen molar-refractivity contribution in [1.29, 1.82) is 5.26 Å². The Morgan fingerprint density at radius 2 is 1.55 bits per heavy atom. The Morgan fingerprint density at radius 1 is 1.00 bits per heavy atom. The maximum absolute atomic E-state index is 8.93. The van der Waals surface area contributed by atoms with Crippen LogP contribution in [0.15, 0.2) is 18.3 Å². The molecule has 0 N–H and O–H groups in total. The van der Waals surface area contributed by atoms with E-state index in [0.717, 1.165) is 0 Å². The topological polar surface area (TPSA) is 36.7 Å². The van der Waals surface area contributed by atoms with Crippen LogP contribution in [0.2, 0.25) is 3.43 Å². The third-order valence-electron chi connectivity index (χ3n) is 4.31. The van der Waals surface area contributed by atoms with Gasteiger partial charge in [-0.3, -0.25) is 0 Å². The first kappa shape index (κ1) is 19.5. The van der Waals surface area contributed by atoms with Gasteiger partial charge in [-0.25, -0.2) is 0 Å². The monoisotopic (exact) mass is 406 g/mol. The van der Waals surface area contributed by atoms with Crippen LogP contribution in [0, 0.1) is 11.3 Å². The molecule has 0 amide bonds. The average molecular weight is 405 g/mol. The molecule has 0 saturated carbocycles. The molecule has 1 rings (SSSR count). The van der Waals surface area contributed by atoms with E-state index >= 15 is 0 Å². The molecular formula is C19H30N2Sn. The summed E-state index contributed by atoms with van der Waals surface area (Å²) in [6.45, 7) is 6.90.